The molecule has 5 nitrogen and oxygen atoms in total. The predicted octanol–water partition coefficient (Wildman–Crippen LogP) is 3.99. The lowest BCUT2D eigenvalue weighted by Gasteiger charge is -2.14. The molecule has 2 aromatic carbocycles. The highest BCUT2D eigenvalue weighted by atomic mass is 16.2. The molecule has 0 radical (unpaired) electrons. The van der Waals surface area contributed by atoms with Crippen molar-refractivity contribution in [2.45, 2.75) is 19.4 Å². The fraction of sp³-hybridized carbons (Fsp3) is 0.208. The Hall–Kier alpha value is -3.47. The van der Waals surface area contributed by atoms with Crippen LogP contribution < -0.4 is 0 Å². The van der Waals surface area contributed by atoms with Gasteiger partial charge in [0.15, 0.2) is 0 Å². The third-order valence-corrected chi connectivity index (χ3v) is 5.79. The molecule has 0 saturated carbocycles. The average molecular weight is 383 g/mol. The van der Waals surface area contributed by atoms with Crippen molar-refractivity contribution in [2.75, 3.05) is 0 Å². The fourth-order valence-corrected chi connectivity index (χ4v) is 4.27. The monoisotopic (exact) mass is 383 g/mol. The summed E-state index contributed by atoms with van der Waals surface area (Å²) >= 11 is 0. The van der Waals surface area contributed by atoms with Crippen molar-refractivity contribution in [1.29, 1.82) is 0 Å². The molecular formula is C24H21N3O2. The van der Waals surface area contributed by atoms with Gasteiger partial charge in [0, 0.05) is 17.3 Å². The Morgan fingerprint density at radius 1 is 0.828 bits per heavy atom. The number of allylic oxidation sites excluding steroid dienone is 2. The third-order valence-electron chi connectivity index (χ3n) is 5.79. The van der Waals surface area contributed by atoms with Crippen LogP contribution in [0.25, 0.3) is 16.9 Å². The third kappa shape index (κ3) is 3.09. The topological polar surface area (TPSA) is 55.2 Å². The van der Waals surface area contributed by atoms with E-state index in [4.69, 9.17) is 5.10 Å². The molecule has 3 aromatic rings. The molecule has 5 rings (SSSR count). The minimum Gasteiger partial charge on any atom is -0.277 e. The molecule has 0 N–H and O–H groups in total. The van der Waals surface area contributed by atoms with Crippen LogP contribution in [0.15, 0.2) is 79.0 Å². The molecule has 1 fully saturated rings. The van der Waals surface area contributed by atoms with Crippen molar-refractivity contribution in [3.63, 3.8) is 0 Å². The standard InChI is InChI=1S/C24H21N3O2/c28-23-20-13-7-8-14-21(20)24(29)26(23)15-18-16-27(19-11-5-2-6-12-19)25-22(18)17-9-3-1-4-10-17/h1-12,16,20-21H,13-15H2. The van der Waals surface area contributed by atoms with Gasteiger partial charge in [0.2, 0.25) is 11.8 Å². The van der Waals surface area contributed by atoms with E-state index in [0.29, 0.717) is 12.8 Å². The molecule has 29 heavy (non-hydrogen) atoms. The number of carbonyl (C=O) groups excluding carboxylic acids is 2. The fourth-order valence-electron chi connectivity index (χ4n) is 4.27. The summed E-state index contributed by atoms with van der Waals surface area (Å²) in [5.74, 6) is -0.541. The van der Waals surface area contributed by atoms with Crippen LogP contribution in [0.3, 0.4) is 0 Å². The SMILES string of the molecule is O=C1C2CC=CCC2C(=O)N1Cc1cn(-c2ccccc2)nc1-c1ccccc1. The lowest BCUT2D eigenvalue weighted by atomic mass is 9.85. The molecule has 2 atom stereocenters. The molecule has 1 aromatic heterocycles. The maximum atomic E-state index is 12.9. The van der Waals surface area contributed by atoms with E-state index in [1.165, 1.54) is 4.90 Å². The predicted molar refractivity (Wildman–Crippen MR) is 110 cm³/mol. The molecule has 2 unspecified atom stereocenters. The summed E-state index contributed by atoms with van der Waals surface area (Å²) in [5.41, 5.74) is 3.57. The van der Waals surface area contributed by atoms with Crippen molar-refractivity contribution in [3.05, 3.63) is 84.6 Å². The number of carbonyl (C=O) groups is 2. The van der Waals surface area contributed by atoms with Gasteiger partial charge in [0.05, 0.1) is 29.8 Å². The first-order valence-corrected chi connectivity index (χ1v) is 9.92. The minimum atomic E-state index is -0.211. The van der Waals surface area contributed by atoms with Gasteiger partial charge in [0.1, 0.15) is 0 Å². The molecule has 2 heterocycles. The van der Waals surface area contributed by atoms with E-state index >= 15 is 0 Å². The van der Waals surface area contributed by atoms with Gasteiger partial charge in [-0.05, 0) is 25.0 Å². The smallest absolute Gasteiger partial charge is 0.233 e. The summed E-state index contributed by atoms with van der Waals surface area (Å²) in [4.78, 5) is 27.3. The maximum absolute atomic E-state index is 12.9. The second-order valence-corrected chi connectivity index (χ2v) is 7.57. The van der Waals surface area contributed by atoms with E-state index in [9.17, 15) is 9.59 Å². The number of benzene rings is 2. The second-order valence-electron chi connectivity index (χ2n) is 7.57. The Labute approximate surface area is 169 Å². The normalized spacial score (nSPS) is 20.9. The first-order valence-electron chi connectivity index (χ1n) is 9.92. The van der Waals surface area contributed by atoms with Crippen molar-refractivity contribution in [2.24, 2.45) is 11.8 Å². The molecule has 0 spiro atoms. The molecule has 2 aliphatic rings. The van der Waals surface area contributed by atoms with Crippen LogP contribution in [-0.4, -0.2) is 26.5 Å². The Morgan fingerprint density at radius 2 is 1.41 bits per heavy atom. The van der Waals surface area contributed by atoms with E-state index < -0.39 is 0 Å². The molecule has 1 aliphatic heterocycles. The number of aromatic nitrogens is 2. The number of hydrogen-bond donors (Lipinski definition) is 0. The summed E-state index contributed by atoms with van der Waals surface area (Å²) in [5, 5.41) is 4.79. The molecule has 0 bridgehead atoms. The number of amides is 2. The van der Waals surface area contributed by atoms with Crippen molar-refractivity contribution in [1.82, 2.24) is 14.7 Å². The van der Waals surface area contributed by atoms with Crippen molar-refractivity contribution >= 4 is 11.8 Å². The number of rotatable bonds is 4. The van der Waals surface area contributed by atoms with Gasteiger partial charge in [-0.1, -0.05) is 60.7 Å². The van der Waals surface area contributed by atoms with Crippen molar-refractivity contribution < 1.29 is 9.59 Å². The summed E-state index contributed by atoms with van der Waals surface area (Å²) in [6.07, 6.45) is 7.26. The first kappa shape index (κ1) is 17.6. The molecular weight excluding hydrogens is 362 g/mol. The molecule has 1 aliphatic carbocycles. The Balaban J connectivity index is 1.53. The van der Waals surface area contributed by atoms with Crippen LogP contribution in [0.4, 0.5) is 0 Å². The van der Waals surface area contributed by atoms with Crippen molar-refractivity contribution in [3.8, 4) is 16.9 Å². The molecule has 2 amide bonds. The number of nitrogens with zero attached hydrogens (tertiary/aromatic N) is 3. The lowest BCUT2D eigenvalue weighted by molar-refractivity contribution is -0.140. The number of para-hydroxylation sites is 1. The Kier molecular flexibility index (Phi) is 4.35. The summed E-state index contributed by atoms with van der Waals surface area (Å²) < 4.78 is 1.82. The highest BCUT2D eigenvalue weighted by Gasteiger charge is 2.47. The van der Waals surface area contributed by atoms with Gasteiger partial charge < -0.3 is 0 Å². The van der Waals surface area contributed by atoms with E-state index in [2.05, 4.69) is 0 Å². The summed E-state index contributed by atoms with van der Waals surface area (Å²) in [6.45, 7) is 0.252. The van der Waals surface area contributed by atoms with E-state index in [1.54, 1.807) is 0 Å². The van der Waals surface area contributed by atoms with Gasteiger partial charge in [-0.2, -0.15) is 5.10 Å². The van der Waals surface area contributed by atoms with Gasteiger partial charge in [0.25, 0.3) is 0 Å². The average Bonchev–Trinajstić information content (AvgIpc) is 3.31. The lowest BCUT2D eigenvalue weighted by Crippen LogP contribution is -2.30. The van der Waals surface area contributed by atoms with E-state index in [-0.39, 0.29) is 30.2 Å². The Bertz CT molecular complexity index is 1060. The molecule has 144 valence electrons. The largest absolute Gasteiger partial charge is 0.277 e. The Morgan fingerprint density at radius 3 is 2.03 bits per heavy atom. The number of likely N-dealkylation sites (tertiary alicyclic amines) is 1. The summed E-state index contributed by atoms with van der Waals surface area (Å²) in [6, 6.07) is 19.7. The van der Waals surface area contributed by atoms with E-state index in [1.807, 2.05) is 83.7 Å². The van der Waals surface area contributed by atoms with Crippen LogP contribution in [-0.2, 0) is 16.1 Å². The second kappa shape index (κ2) is 7.17. The quantitative estimate of drug-likeness (QED) is 0.506. The van der Waals surface area contributed by atoms with Crippen LogP contribution in [0.1, 0.15) is 18.4 Å². The van der Waals surface area contributed by atoms with Gasteiger partial charge in [-0.3, -0.25) is 14.5 Å². The zero-order valence-corrected chi connectivity index (χ0v) is 15.9. The highest BCUT2D eigenvalue weighted by Crippen LogP contribution is 2.36. The highest BCUT2D eigenvalue weighted by molar-refractivity contribution is 6.05. The summed E-state index contributed by atoms with van der Waals surface area (Å²) in [7, 11) is 0. The zero-order valence-electron chi connectivity index (χ0n) is 15.9. The van der Waals surface area contributed by atoms with Gasteiger partial charge in [-0.15, -0.1) is 0 Å². The van der Waals surface area contributed by atoms with Gasteiger partial charge in [-0.25, -0.2) is 4.68 Å². The van der Waals surface area contributed by atoms with Crippen LogP contribution in [0.5, 0.6) is 0 Å². The van der Waals surface area contributed by atoms with Gasteiger partial charge >= 0.3 is 0 Å². The maximum Gasteiger partial charge on any atom is 0.233 e. The molecule has 1 saturated heterocycles. The number of fused-ring (bicyclic) bond motifs is 1. The number of imide groups is 1. The van der Waals surface area contributed by atoms with Crippen LogP contribution >= 0.6 is 0 Å². The van der Waals surface area contributed by atoms with Crippen LogP contribution in [0.2, 0.25) is 0 Å². The minimum absolute atomic E-state index is 0.0594. The van der Waals surface area contributed by atoms with Crippen LogP contribution in [0, 0.1) is 11.8 Å². The van der Waals surface area contributed by atoms with E-state index in [0.717, 1.165) is 22.5 Å². The first-order chi connectivity index (χ1) is 14.2. The number of hydrogen-bond acceptors (Lipinski definition) is 3. The zero-order chi connectivity index (χ0) is 19.8. The molecule has 5 heteroatoms.